The molecule has 2 heterocycles. The van der Waals surface area contributed by atoms with Gasteiger partial charge in [-0.1, -0.05) is 59.2 Å². The van der Waals surface area contributed by atoms with E-state index in [9.17, 15) is 0 Å². The van der Waals surface area contributed by atoms with Crippen molar-refractivity contribution < 1.29 is 4.52 Å². The number of benzene rings is 2. The van der Waals surface area contributed by atoms with Gasteiger partial charge in [0.05, 0.1) is 6.04 Å². The van der Waals surface area contributed by atoms with Crippen molar-refractivity contribution in [2.45, 2.75) is 19.0 Å². The SMILES string of the molecule is Clc1ccc(C2c3nocc3CCN2Cc2ccccc2)cc1. The third-order valence-corrected chi connectivity index (χ3v) is 4.63. The van der Waals surface area contributed by atoms with Crippen molar-refractivity contribution >= 4 is 11.6 Å². The van der Waals surface area contributed by atoms with Crippen LogP contribution in [0.5, 0.6) is 0 Å². The fraction of sp³-hybridized carbons (Fsp3) is 0.211. The van der Waals surface area contributed by atoms with E-state index < -0.39 is 0 Å². The summed E-state index contributed by atoms with van der Waals surface area (Å²) in [6.07, 6.45) is 2.74. The second-order valence-corrected chi connectivity index (χ2v) is 6.32. The molecule has 3 aromatic rings. The van der Waals surface area contributed by atoms with Crippen molar-refractivity contribution in [3.63, 3.8) is 0 Å². The summed E-state index contributed by atoms with van der Waals surface area (Å²) in [4.78, 5) is 2.45. The Labute approximate surface area is 140 Å². The topological polar surface area (TPSA) is 29.3 Å². The molecule has 1 aliphatic rings. The average molecular weight is 325 g/mol. The molecule has 0 saturated carbocycles. The average Bonchev–Trinajstić information content (AvgIpc) is 3.05. The van der Waals surface area contributed by atoms with Crippen molar-refractivity contribution in [2.24, 2.45) is 0 Å². The van der Waals surface area contributed by atoms with E-state index in [0.29, 0.717) is 0 Å². The Bertz CT molecular complexity index is 783. The van der Waals surface area contributed by atoms with Crippen molar-refractivity contribution in [1.82, 2.24) is 10.1 Å². The number of nitrogens with zero attached hydrogens (tertiary/aromatic N) is 2. The van der Waals surface area contributed by atoms with Crippen molar-refractivity contribution in [3.8, 4) is 0 Å². The Kier molecular flexibility index (Phi) is 3.90. The lowest BCUT2D eigenvalue weighted by atomic mass is 9.93. The van der Waals surface area contributed by atoms with Crippen LogP contribution in [0.2, 0.25) is 5.02 Å². The standard InChI is InChI=1S/C19H17ClN2O/c20-17-8-6-15(7-9-17)19-18-16(13-23-21-18)10-11-22(19)12-14-4-2-1-3-5-14/h1-9,13,19H,10-12H2. The van der Waals surface area contributed by atoms with E-state index >= 15 is 0 Å². The summed E-state index contributed by atoms with van der Waals surface area (Å²) in [5.41, 5.74) is 4.72. The Morgan fingerprint density at radius 2 is 1.87 bits per heavy atom. The lowest BCUT2D eigenvalue weighted by molar-refractivity contribution is 0.198. The first kappa shape index (κ1) is 14.5. The molecule has 1 aromatic heterocycles. The van der Waals surface area contributed by atoms with Crippen LogP contribution in [0.4, 0.5) is 0 Å². The van der Waals surface area contributed by atoms with E-state index in [1.54, 1.807) is 6.26 Å². The second-order valence-electron chi connectivity index (χ2n) is 5.89. The minimum Gasteiger partial charge on any atom is -0.364 e. The van der Waals surface area contributed by atoms with E-state index in [1.165, 1.54) is 16.7 Å². The van der Waals surface area contributed by atoms with E-state index in [1.807, 2.05) is 18.2 Å². The quantitative estimate of drug-likeness (QED) is 0.711. The van der Waals surface area contributed by atoms with Gasteiger partial charge in [-0.3, -0.25) is 4.90 Å². The largest absolute Gasteiger partial charge is 0.364 e. The molecule has 0 N–H and O–H groups in total. The van der Waals surface area contributed by atoms with Gasteiger partial charge >= 0.3 is 0 Å². The lowest BCUT2D eigenvalue weighted by Gasteiger charge is -2.34. The zero-order chi connectivity index (χ0) is 15.6. The van der Waals surface area contributed by atoms with Gasteiger partial charge in [-0.05, 0) is 29.7 Å². The summed E-state index contributed by atoms with van der Waals surface area (Å²) >= 11 is 6.05. The van der Waals surface area contributed by atoms with Crippen LogP contribution in [0.25, 0.3) is 0 Å². The van der Waals surface area contributed by atoms with Gasteiger partial charge in [0.25, 0.3) is 0 Å². The molecule has 3 nitrogen and oxygen atoms in total. The minimum absolute atomic E-state index is 0.106. The molecular formula is C19H17ClN2O. The monoisotopic (exact) mass is 324 g/mol. The normalized spacial score (nSPS) is 17.9. The Morgan fingerprint density at radius 1 is 1.09 bits per heavy atom. The molecule has 23 heavy (non-hydrogen) atoms. The second kappa shape index (κ2) is 6.19. The third kappa shape index (κ3) is 2.90. The van der Waals surface area contributed by atoms with Crippen LogP contribution >= 0.6 is 11.6 Å². The first-order chi connectivity index (χ1) is 11.3. The lowest BCUT2D eigenvalue weighted by Crippen LogP contribution is -2.35. The van der Waals surface area contributed by atoms with Crippen molar-refractivity contribution in [2.75, 3.05) is 6.54 Å². The fourth-order valence-corrected chi connectivity index (χ4v) is 3.37. The summed E-state index contributed by atoms with van der Waals surface area (Å²) in [5.74, 6) is 0. The van der Waals surface area contributed by atoms with E-state index in [0.717, 1.165) is 30.2 Å². The molecule has 0 amide bonds. The van der Waals surface area contributed by atoms with Gasteiger partial charge in [0.2, 0.25) is 0 Å². The molecule has 1 atom stereocenters. The van der Waals surface area contributed by atoms with E-state index in [-0.39, 0.29) is 6.04 Å². The molecule has 1 unspecified atom stereocenters. The number of hydrogen-bond acceptors (Lipinski definition) is 3. The van der Waals surface area contributed by atoms with Gasteiger partial charge < -0.3 is 4.52 Å². The predicted octanol–water partition coefficient (Wildman–Crippen LogP) is 4.48. The van der Waals surface area contributed by atoms with Gasteiger partial charge in [0.1, 0.15) is 12.0 Å². The number of fused-ring (bicyclic) bond motifs is 1. The molecule has 2 aromatic carbocycles. The highest BCUT2D eigenvalue weighted by molar-refractivity contribution is 6.30. The maximum Gasteiger partial charge on any atom is 0.127 e. The molecular weight excluding hydrogens is 308 g/mol. The summed E-state index contributed by atoms with van der Waals surface area (Å²) in [7, 11) is 0. The zero-order valence-electron chi connectivity index (χ0n) is 12.7. The highest BCUT2D eigenvalue weighted by Gasteiger charge is 2.31. The highest BCUT2D eigenvalue weighted by atomic mass is 35.5. The molecule has 4 rings (SSSR count). The molecule has 116 valence electrons. The van der Waals surface area contributed by atoms with Crippen LogP contribution in [0, 0.1) is 0 Å². The maximum atomic E-state index is 6.05. The molecule has 0 fully saturated rings. The van der Waals surface area contributed by atoms with Crippen LogP contribution in [-0.2, 0) is 13.0 Å². The Hall–Kier alpha value is -2.10. The molecule has 0 bridgehead atoms. The van der Waals surface area contributed by atoms with Gasteiger partial charge in [0, 0.05) is 23.7 Å². The van der Waals surface area contributed by atoms with Crippen molar-refractivity contribution in [3.05, 3.63) is 88.3 Å². The summed E-state index contributed by atoms with van der Waals surface area (Å²) in [6.45, 7) is 1.87. The van der Waals surface area contributed by atoms with Gasteiger partial charge in [-0.25, -0.2) is 0 Å². The maximum absolute atomic E-state index is 6.05. The highest BCUT2D eigenvalue weighted by Crippen LogP contribution is 2.35. The molecule has 0 saturated heterocycles. The first-order valence-electron chi connectivity index (χ1n) is 7.78. The van der Waals surface area contributed by atoms with Crippen LogP contribution in [0.3, 0.4) is 0 Å². The Morgan fingerprint density at radius 3 is 2.65 bits per heavy atom. The van der Waals surface area contributed by atoms with Gasteiger partial charge in [-0.15, -0.1) is 0 Å². The number of halogens is 1. The van der Waals surface area contributed by atoms with Crippen LogP contribution in [0.15, 0.2) is 65.4 Å². The summed E-state index contributed by atoms with van der Waals surface area (Å²) < 4.78 is 5.24. The number of hydrogen-bond donors (Lipinski definition) is 0. The van der Waals surface area contributed by atoms with Crippen LogP contribution in [0.1, 0.15) is 28.4 Å². The van der Waals surface area contributed by atoms with Gasteiger partial charge in [0.15, 0.2) is 0 Å². The van der Waals surface area contributed by atoms with Crippen molar-refractivity contribution in [1.29, 1.82) is 0 Å². The van der Waals surface area contributed by atoms with Crippen LogP contribution < -0.4 is 0 Å². The molecule has 0 spiro atoms. The summed E-state index contributed by atoms with van der Waals surface area (Å²) in [5, 5.41) is 5.03. The summed E-state index contributed by atoms with van der Waals surface area (Å²) in [6, 6.07) is 18.7. The minimum atomic E-state index is 0.106. The van der Waals surface area contributed by atoms with E-state index in [2.05, 4.69) is 46.5 Å². The molecule has 4 heteroatoms. The first-order valence-corrected chi connectivity index (χ1v) is 8.15. The third-order valence-electron chi connectivity index (χ3n) is 4.38. The van der Waals surface area contributed by atoms with Gasteiger partial charge in [-0.2, -0.15) is 0 Å². The molecule has 1 aliphatic heterocycles. The Balaban J connectivity index is 1.71. The predicted molar refractivity (Wildman–Crippen MR) is 90.4 cm³/mol. The zero-order valence-corrected chi connectivity index (χ0v) is 13.4. The smallest absolute Gasteiger partial charge is 0.127 e. The number of rotatable bonds is 3. The van der Waals surface area contributed by atoms with Crippen LogP contribution in [-0.4, -0.2) is 16.6 Å². The molecule has 0 radical (unpaired) electrons. The fourth-order valence-electron chi connectivity index (χ4n) is 3.25. The molecule has 0 aliphatic carbocycles. The number of aromatic nitrogens is 1. The van der Waals surface area contributed by atoms with E-state index in [4.69, 9.17) is 16.1 Å².